The van der Waals surface area contributed by atoms with Crippen LogP contribution in [0.5, 0.6) is 0 Å². The standard InChI is InChI=1S/C15H20FNO/c1-4-15(5-6-17-9-15)14(18)13-11(3)7-10(2)8-12(13)16/h7-8,17H,4-6,9H2,1-3H3. The molecule has 1 unspecified atom stereocenters. The molecule has 2 rings (SSSR count). The van der Waals surface area contributed by atoms with E-state index in [9.17, 15) is 9.18 Å². The Morgan fingerprint density at radius 3 is 2.67 bits per heavy atom. The van der Waals surface area contributed by atoms with E-state index in [1.54, 1.807) is 0 Å². The average molecular weight is 249 g/mol. The fraction of sp³-hybridized carbons (Fsp3) is 0.533. The number of hydrogen-bond acceptors (Lipinski definition) is 2. The molecule has 0 amide bonds. The highest BCUT2D eigenvalue weighted by Gasteiger charge is 2.41. The minimum absolute atomic E-state index is 0.0370. The van der Waals surface area contributed by atoms with E-state index >= 15 is 0 Å². The van der Waals surface area contributed by atoms with Gasteiger partial charge in [0.05, 0.1) is 5.56 Å². The second-order valence-corrected chi connectivity index (χ2v) is 5.33. The van der Waals surface area contributed by atoms with Crippen molar-refractivity contribution >= 4 is 5.78 Å². The predicted octanol–water partition coefficient (Wildman–Crippen LogP) is 3.01. The largest absolute Gasteiger partial charge is 0.316 e. The van der Waals surface area contributed by atoms with Gasteiger partial charge in [-0.15, -0.1) is 0 Å². The van der Waals surface area contributed by atoms with Crippen molar-refractivity contribution in [2.24, 2.45) is 5.41 Å². The molecule has 1 N–H and O–H groups in total. The topological polar surface area (TPSA) is 29.1 Å². The number of ketones is 1. The molecule has 3 heteroatoms. The number of nitrogens with one attached hydrogen (secondary N) is 1. The van der Waals surface area contributed by atoms with Crippen molar-refractivity contribution in [2.75, 3.05) is 13.1 Å². The highest BCUT2D eigenvalue weighted by atomic mass is 19.1. The van der Waals surface area contributed by atoms with Crippen LogP contribution in [0.15, 0.2) is 12.1 Å². The van der Waals surface area contributed by atoms with E-state index in [1.165, 1.54) is 6.07 Å². The van der Waals surface area contributed by atoms with Gasteiger partial charge in [0.15, 0.2) is 5.78 Å². The Labute approximate surface area is 108 Å². The first kappa shape index (κ1) is 13.2. The molecule has 1 heterocycles. The number of hydrogen-bond donors (Lipinski definition) is 1. The number of halogens is 1. The number of carbonyl (C=O) groups excluding carboxylic acids is 1. The normalized spacial score (nSPS) is 23.3. The van der Waals surface area contributed by atoms with Gasteiger partial charge in [-0.05, 0) is 50.4 Å². The quantitative estimate of drug-likeness (QED) is 0.834. The Kier molecular flexibility index (Phi) is 3.53. The molecule has 1 aliphatic heterocycles. The molecule has 1 aromatic rings. The highest BCUT2D eigenvalue weighted by Crippen LogP contribution is 2.35. The van der Waals surface area contributed by atoms with Crippen molar-refractivity contribution in [3.05, 3.63) is 34.6 Å². The van der Waals surface area contributed by atoms with E-state index < -0.39 is 5.41 Å². The van der Waals surface area contributed by atoms with E-state index in [2.05, 4.69) is 5.32 Å². The smallest absolute Gasteiger partial charge is 0.173 e. The third-order valence-corrected chi connectivity index (χ3v) is 4.06. The van der Waals surface area contributed by atoms with Crippen LogP contribution in [-0.2, 0) is 0 Å². The van der Waals surface area contributed by atoms with Crippen molar-refractivity contribution in [3.8, 4) is 0 Å². The van der Waals surface area contributed by atoms with Gasteiger partial charge in [-0.25, -0.2) is 4.39 Å². The minimum atomic E-state index is -0.416. The molecule has 1 atom stereocenters. The van der Waals surface area contributed by atoms with E-state index in [4.69, 9.17) is 0 Å². The van der Waals surface area contributed by atoms with Gasteiger partial charge in [0.1, 0.15) is 5.82 Å². The van der Waals surface area contributed by atoms with Gasteiger partial charge in [0.25, 0.3) is 0 Å². The van der Waals surface area contributed by atoms with E-state index in [0.29, 0.717) is 6.54 Å². The fourth-order valence-electron chi connectivity index (χ4n) is 2.87. The third kappa shape index (κ3) is 2.07. The van der Waals surface area contributed by atoms with E-state index in [0.717, 1.165) is 30.5 Å². The predicted molar refractivity (Wildman–Crippen MR) is 70.4 cm³/mol. The lowest BCUT2D eigenvalue weighted by Crippen LogP contribution is -2.34. The molecular weight excluding hydrogens is 229 g/mol. The molecule has 0 aromatic heterocycles. The van der Waals surface area contributed by atoms with Gasteiger partial charge in [0.2, 0.25) is 0 Å². The number of benzene rings is 1. The second kappa shape index (κ2) is 4.81. The summed E-state index contributed by atoms with van der Waals surface area (Å²) in [6.45, 7) is 7.17. The zero-order chi connectivity index (χ0) is 13.3. The fourth-order valence-corrected chi connectivity index (χ4v) is 2.87. The monoisotopic (exact) mass is 249 g/mol. The van der Waals surface area contributed by atoms with E-state index in [-0.39, 0.29) is 17.2 Å². The van der Waals surface area contributed by atoms with Crippen LogP contribution in [0.1, 0.15) is 41.3 Å². The maximum atomic E-state index is 14.1. The van der Waals surface area contributed by atoms with Gasteiger partial charge in [0, 0.05) is 12.0 Å². The Morgan fingerprint density at radius 2 is 2.17 bits per heavy atom. The molecule has 0 bridgehead atoms. The first-order valence-corrected chi connectivity index (χ1v) is 6.52. The summed E-state index contributed by atoms with van der Waals surface area (Å²) in [5.41, 5.74) is 1.47. The van der Waals surface area contributed by atoms with Crippen LogP contribution in [0.3, 0.4) is 0 Å². The minimum Gasteiger partial charge on any atom is -0.316 e. The Morgan fingerprint density at radius 1 is 1.44 bits per heavy atom. The van der Waals surface area contributed by atoms with Crippen molar-refractivity contribution in [1.82, 2.24) is 5.32 Å². The number of rotatable bonds is 3. The summed E-state index contributed by atoms with van der Waals surface area (Å²) in [5, 5.41) is 3.22. The Bertz CT molecular complexity index is 452. The maximum Gasteiger partial charge on any atom is 0.173 e. The van der Waals surface area contributed by atoms with Crippen LogP contribution < -0.4 is 5.32 Å². The summed E-state index contributed by atoms with van der Waals surface area (Å²) < 4.78 is 14.1. The first-order chi connectivity index (χ1) is 8.50. The Balaban J connectivity index is 2.46. The van der Waals surface area contributed by atoms with Gasteiger partial charge in [-0.1, -0.05) is 13.0 Å². The molecule has 0 spiro atoms. The third-order valence-electron chi connectivity index (χ3n) is 4.06. The molecule has 0 aliphatic carbocycles. The van der Waals surface area contributed by atoms with Gasteiger partial charge < -0.3 is 5.32 Å². The van der Waals surface area contributed by atoms with Gasteiger partial charge in [-0.2, -0.15) is 0 Å². The van der Waals surface area contributed by atoms with Crippen molar-refractivity contribution in [2.45, 2.75) is 33.6 Å². The summed E-state index contributed by atoms with van der Waals surface area (Å²) in [6, 6.07) is 3.33. The lowest BCUT2D eigenvalue weighted by molar-refractivity contribution is 0.0805. The molecule has 2 nitrogen and oxygen atoms in total. The zero-order valence-corrected chi connectivity index (χ0v) is 11.3. The summed E-state index contributed by atoms with van der Waals surface area (Å²) in [5.74, 6) is -0.415. The van der Waals surface area contributed by atoms with E-state index in [1.807, 2.05) is 26.8 Å². The number of carbonyl (C=O) groups is 1. The lowest BCUT2D eigenvalue weighted by Gasteiger charge is -2.26. The molecule has 1 aliphatic rings. The molecule has 98 valence electrons. The van der Waals surface area contributed by atoms with Crippen LogP contribution in [0.4, 0.5) is 4.39 Å². The van der Waals surface area contributed by atoms with Crippen LogP contribution in [0, 0.1) is 25.1 Å². The Hall–Kier alpha value is -1.22. The number of Topliss-reactive ketones (excluding diaryl/α,β-unsaturated/α-hetero) is 1. The molecule has 1 fully saturated rings. The molecular formula is C15H20FNO. The molecule has 18 heavy (non-hydrogen) atoms. The van der Waals surface area contributed by atoms with Gasteiger partial charge >= 0.3 is 0 Å². The lowest BCUT2D eigenvalue weighted by atomic mass is 9.76. The number of aryl methyl sites for hydroxylation is 2. The summed E-state index contributed by atoms with van der Waals surface area (Å²) in [4.78, 5) is 12.7. The summed E-state index contributed by atoms with van der Waals surface area (Å²) in [7, 11) is 0. The zero-order valence-electron chi connectivity index (χ0n) is 11.3. The van der Waals surface area contributed by atoms with Crippen molar-refractivity contribution in [1.29, 1.82) is 0 Å². The van der Waals surface area contributed by atoms with Crippen LogP contribution in [0.25, 0.3) is 0 Å². The summed E-state index contributed by atoms with van der Waals surface area (Å²) in [6.07, 6.45) is 1.56. The van der Waals surface area contributed by atoms with Gasteiger partial charge in [-0.3, -0.25) is 4.79 Å². The molecule has 1 saturated heterocycles. The molecule has 1 aromatic carbocycles. The van der Waals surface area contributed by atoms with Crippen molar-refractivity contribution < 1.29 is 9.18 Å². The van der Waals surface area contributed by atoms with Crippen molar-refractivity contribution in [3.63, 3.8) is 0 Å². The van der Waals surface area contributed by atoms with Crippen LogP contribution in [-0.4, -0.2) is 18.9 Å². The van der Waals surface area contributed by atoms with Crippen LogP contribution in [0.2, 0.25) is 0 Å². The van der Waals surface area contributed by atoms with Crippen LogP contribution >= 0.6 is 0 Å². The maximum absolute atomic E-state index is 14.1. The second-order valence-electron chi connectivity index (χ2n) is 5.33. The first-order valence-electron chi connectivity index (χ1n) is 6.52. The molecule has 0 saturated carbocycles. The highest BCUT2D eigenvalue weighted by molar-refractivity contribution is 6.02. The SMILES string of the molecule is CCC1(C(=O)c2c(C)cc(C)cc2F)CCNC1. The average Bonchev–Trinajstić information content (AvgIpc) is 2.77. The summed E-state index contributed by atoms with van der Waals surface area (Å²) >= 11 is 0. The molecule has 0 radical (unpaired) electrons.